The predicted molar refractivity (Wildman–Crippen MR) is 113 cm³/mol. The third-order valence-electron chi connectivity index (χ3n) is 4.90. The number of ether oxygens (including phenoxy) is 1. The number of hydrogen-bond acceptors (Lipinski definition) is 6. The van der Waals surface area contributed by atoms with Crippen LogP contribution in [0.1, 0.15) is 20.3 Å². The van der Waals surface area contributed by atoms with Crippen molar-refractivity contribution in [1.82, 2.24) is 13.1 Å². The predicted octanol–water partition coefficient (Wildman–Crippen LogP) is 2.22. The summed E-state index contributed by atoms with van der Waals surface area (Å²) >= 11 is 0. The van der Waals surface area contributed by atoms with Crippen LogP contribution in [-0.2, 0) is 17.1 Å². The number of aromatic nitrogens is 3. The molecule has 2 heterocycles. The molecule has 0 spiro atoms. The van der Waals surface area contributed by atoms with Gasteiger partial charge in [-0.05, 0) is 31.5 Å². The first-order valence-electron chi connectivity index (χ1n) is 9.52. The Balaban J connectivity index is 2.11. The fourth-order valence-corrected chi connectivity index (χ4v) is 4.39. The number of aryl methyl sites for hydroxylation is 1. The van der Waals surface area contributed by atoms with E-state index in [1.807, 2.05) is 6.92 Å². The zero-order valence-corrected chi connectivity index (χ0v) is 17.6. The highest BCUT2D eigenvalue weighted by Gasteiger charge is 2.24. The maximum atomic E-state index is 13.3. The number of imidazole rings is 1. The molecular formula is C20H21N3O6S. The molecule has 0 aliphatic rings. The van der Waals surface area contributed by atoms with E-state index in [9.17, 15) is 18.0 Å². The molecule has 158 valence electrons. The number of benzene rings is 2. The summed E-state index contributed by atoms with van der Waals surface area (Å²) in [7, 11) is -2.37. The Morgan fingerprint density at radius 1 is 1.03 bits per heavy atom. The average Bonchev–Trinajstić information content (AvgIpc) is 3.17. The van der Waals surface area contributed by atoms with Crippen LogP contribution in [0.3, 0.4) is 0 Å². The van der Waals surface area contributed by atoms with Gasteiger partial charge in [-0.3, -0.25) is 9.13 Å². The molecule has 10 heteroatoms. The van der Waals surface area contributed by atoms with E-state index in [1.54, 1.807) is 37.4 Å². The van der Waals surface area contributed by atoms with E-state index < -0.39 is 21.5 Å². The first-order chi connectivity index (χ1) is 14.3. The van der Waals surface area contributed by atoms with Gasteiger partial charge in [0.2, 0.25) is 10.0 Å². The Labute approximate surface area is 171 Å². The van der Waals surface area contributed by atoms with Gasteiger partial charge in [0.1, 0.15) is 5.75 Å². The lowest BCUT2D eigenvalue weighted by molar-refractivity contribution is 0.317. The van der Waals surface area contributed by atoms with Crippen LogP contribution in [-0.4, -0.2) is 33.9 Å². The molecule has 0 aliphatic heterocycles. The molecular weight excluding hydrogens is 410 g/mol. The molecule has 0 saturated heterocycles. The summed E-state index contributed by atoms with van der Waals surface area (Å²) < 4.78 is 39.7. The summed E-state index contributed by atoms with van der Waals surface area (Å²) in [6.45, 7) is 3.96. The van der Waals surface area contributed by atoms with Gasteiger partial charge >= 0.3 is 11.4 Å². The van der Waals surface area contributed by atoms with Crippen molar-refractivity contribution in [2.45, 2.75) is 20.3 Å². The van der Waals surface area contributed by atoms with Crippen LogP contribution in [0, 0.1) is 0 Å². The fourth-order valence-electron chi connectivity index (χ4n) is 3.37. The molecule has 2 aromatic carbocycles. The van der Waals surface area contributed by atoms with E-state index in [4.69, 9.17) is 9.15 Å². The molecule has 9 nitrogen and oxygen atoms in total. The highest BCUT2D eigenvalue weighted by molar-refractivity contribution is 7.90. The lowest BCUT2D eigenvalue weighted by Crippen LogP contribution is -2.29. The Hall–Kier alpha value is -3.27. The van der Waals surface area contributed by atoms with Gasteiger partial charge in [0.05, 0.1) is 34.6 Å². The Morgan fingerprint density at radius 2 is 1.80 bits per heavy atom. The van der Waals surface area contributed by atoms with Crippen LogP contribution in [0.15, 0.2) is 50.4 Å². The second-order valence-electron chi connectivity index (χ2n) is 6.86. The average molecular weight is 431 g/mol. The van der Waals surface area contributed by atoms with Crippen molar-refractivity contribution in [3.05, 3.63) is 57.4 Å². The van der Waals surface area contributed by atoms with Crippen molar-refractivity contribution < 1.29 is 17.6 Å². The third kappa shape index (κ3) is 3.04. The van der Waals surface area contributed by atoms with E-state index in [0.29, 0.717) is 29.1 Å². The SMILES string of the molecule is CCCOc1cccc(-n2c(=O)n(S(=O)(=O)CC)c3cc4oc(=O)n(C)c4cc32)c1. The molecule has 0 atom stereocenters. The molecule has 0 bridgehead atoms. The Bertz CT molecular complexity index is 1490. The second kappa shape index (κ2) is 7.21. The molecule has 0 N–H and O–H groups in total. The molecule has 0 fully saturated rings. The van der Waals surface area contributed by atoms with Crippen LogP contribution in [0.5, 0.6) is 5.75 Å². The molecule has 4 aromatic rings. The maximum absolute atomic E-state index is 13.3. The summed E-state index contributed by atoms with van der Waals surface area (Å²) in [6, 6.07) is 9.87. The minimum atomic E-state index is -3.91. The smallest absolute Gasteiger partial charge is 0.419 e. The van der Waals surface area contributed by atoms with Crippen LogP contribution in [0.25, 0.3) is 27.8 Å². The van der Waals surface area contributed by atoms with Crippen molar-refractivity contribution >= 4 is 32.2 Å². The van der Waals surface area contributed by atoms with Gasteiger partial charge in [-0.1, -0.05) is 13.0 Å². The Kier molecular flexibility index (Phi) is 4.81. The first-order valence-corrected chi connectivity index (χ1v) is 11.1. The van der Waals surface area contributed by atoms with Gasteiger partial charge in [-0.15, -0.1) is 0 Å². The Morgan fingerprint density at radius 3 is 2.50 bits per heavy atom. The van der Waals surface area contributed by atoms with E-state index in [2.05, 4.69) is 0 Å². The standard InChI is InChI=1S/C20H21N3O6S/c1-4-9-28-14-8-6-7-13(10-14)22-15-11-17-18(29-20(25)21(17)3)12-16(15)23(19(22)24)30(26,27)5-2/h6-8,10-12H,4-5,9H2,1-3H3. The summed E-state index contributed by atoms with van der Waals surface area (Å²) in [5.74, 6) is -0.272. The number of hydrogen-bond donors (Lipinski definition) is 0. The summed E-state index contributed by atoms with van der Waals surface area (Å²) in [6.07, 6.45) is 0.824. The van der Waals surface area contributed by atoms with Crippen molar-refractivity contribution in [1.29, 1.82) is 0 Å². The van der Waals surface area contributed by atoms with Crippen molar-refractivity contribution in [3.8, 4) is 11.4 Å². The lowest BCUT2D eigenvalue weighted by Gasteiger charge is -2.08. The summed E-state index contributed by atoms with van der Waals surface area (Å²) in [5, 5.41) is 0. The molecule has 30 heavy (non-hydrogen) atoms. The van der Waals surface area contributed by atoms with Crippen molar-refractivity contribution in [3.63, 3.8) is 0 Å². The quantitative estimate of drug-likeness (QED) is 0.464. The van der Waals surface area contributed by atoms with Crippen molar-refractivity contribution in [2.24, 2.45) is 7.05 Å². The lowest BCUT2D eigenvalue weighted by atomic mass is 10.2. The van der Waals surface area contributed by atoms with Gasteiger partial charge in [-0.2, -0.15) is 3.97 Å². The zero-order valence-electron chi connectivity index (χ0n) is 16.8. The van der Waals surface area contributed by atoms with Gasteiger partial charge < -0.3 is 9.15 Å². The van der Waals surface area contributed by atoms with E-state index in [0.717, 1.165) is 10.4 Å². The van der Waals surface area contributed by atoms with Crippen LogP contribution < -0.4 is 16.2 Å². The molecule has 0 amide bonds. The van der Waals surface area contributed by atoms with Crippen LogP contribution in [0.2, 0.25) is 0 Å². The largest absolute Gasteiger partial charge is 0.494 e. The summed E-state index contributed by atoms with van der Waals surface area (Å²) in [4.78, 5) is 25.2. The topological polar surface area (TPSA) is 105 Å². The maximum Gasteiger partial charge on any atom is 0.419 e. The van der Waals surface area contributed by atoms with Gasteiger partial charge in [0.15, 0.2) is 5.58 Å². The monoisotopic (exact) mass is 431 g/mol. The van der Waals surface area contributed by atoms with E-state index >= 15 is 0 Å². The number of oxazole rings is 1. The number of fused-ring (bicyclic) bond motifs is 2. The van der Waals surface area contributed by atoms with Crippen LogP contribution >= 0.6 is 0 Å². The minimum absolute atomic E-state index is 0.142. The molecule has 0 aliphatic carbocycles. The normalized spacial score (nSPS) is 12.1. The van der Waals surface area contributed by atoms with E-state index in [-0.39, 0.29) is 16.9 Å². The highest BCUT2D eigenvalue weighted by atomic mass is 32.2. The van der Waals surface area contributed by atoms with Gasteiger partial charge in [0.25, 0.3) is 0 Å². The number of nitrogens with zero attached hydrogens (tertiary/aromatic N) is 3. The molecule has 0 radical (unpaired) electrons. The fraction of sp³-hybridized carbons (Fsp3) is 0.300. The van der Waals surface area contributed by atoms with E-state index in [1.165, 1.54) is 22.1 Å². The summed E-state index contributed by atoms with van der Waals surface area (Å²) in [5.41, 5.74) is 0.865. The first kappa shape index (κ1) is 20.0. The zero-order chi connectivity index (χ0) is 21.6. The van der Waals surface area contributed by atoms with Crippen LogP contribution in [0.4, 0.5) is 0 Å². The molecule has 4 rings (SSSR count). The van der Waals surface area contributed by atoms with Gasteiger partial charge in [-0.25, -0.2) is 18.0 Å². The number of rotatable bonds is 6. The molecule has 2 aromatic heterocycles. The second-order valence-corrected chi connectivity index (χ2v) is 8.97. The third-order valence-corrected chi connectivity index (χ3v) is 6.54. The highest BCUT2D eigenvalue weighted by Crippen LogP contribution is 2.26. The molecule has 0 unspecified atom stereocenters. The minimum Gasteiger partial charge on any atom is -0.494 e. The van der Waals surface area contributed by atoms with Crippen molar-refractivity contribution in [2.75, 3.05) is 12.4 Å². The molecule has 0 saturated carbocycles. The van der Waals surface area contributed by atoms with Gasteiger partial charge in [0, 0.05) is 19.2 Å².